The van der Waals surface area contributed by atoms with Crippen LogP contribution in [0.25, 0.3) is 10.9 Å². The van der Waals surface area contributed by atoms with E-state index in [1.165, 1.54) is 0 Å². The van der Waals surface area contributed by atoms with Crippen molar-refractivity contribution in [2.75, 3.05) is 36.4 Å². The monoisotopic (exact) mass is 473 g/mol. The van der Waals surface area contributed by atoms with Crippen molar-refractivity contribution in [3.63, 3.8) is 0 Å². The van der Waals surface area contributed by atoms with E-state index in [-0.39, 0.29) is 17.9 Å². The molecular weight excluding hydrogens is 442 g/mol. The normalized spacial score (nSPS) is 15.8. The molecule has 4 heterocycles. The lowest BCUT2D eigenvalue weighted by Gasteiger charge is -2.34. The minimum atomic E-state index is -0.0624. The second-order valence-corrected chi connectivity index (χ2v) is 9.50. The zero-order chi connectivity index (χ0) is 24.7. The highest BCUT2D eigenvalue weighted by Crippen LogP contribution is 2.31. The summed E-state index contributed by atoms with van der Waals surface area (Å²) in [5.41, 5.74) is 4.32. The van der Waals surface area contributed by atoms with Crippen LogP contribution in [0.1, 0.15) is 48.1 Å². The molecule has 5 rings (SSSR count). The second-order valence-electron chi connectivity index (χ2n) is 9.50. The molecular formula is C26H31N7O2. The molecule has 0 atom stereocenters. The van der Waals surface area contributed by atoms with Crippen molar-refractivity contribution in [3.8, 4) is 0 Å². The van der Waals surface area contributed by atoms with Crippen molar-refractivity contribution >= 4 is 34.5 Å². The van der Waals surface area contributed by atoms with Gasteiger partial charge in [0.25, 0.3) is 5.91 Å². The molecule has 1 fully saturated rings. The summed E-state index contributed by atoms with van der Waals surface area (Å²) in [6, 6.07) is 10.3. The van der Waals surface area contributed by atoms with E-state index in [1.54, 1.807) is 6.92 Å². The van der Waals surface area contributed by atoms with Crippen LogP contribution in [0.5, 0.6) is 0 Å². The lowest BCUT2D eigenvalue weighted by Crippen LogP contribution is -2.48. The summed E-state index contributed by atoms with van der Waals surface area (Å²) in [6.07, 6.45) is 0. The molecule has 0 spiro atoms. The molecule has 2 aliphatic heterocycles. The molecule has 0 unspecified atom stereocenters. The molecule has 0 bridgehead atoms. The number of piperazine rings is 1. The number of pyridine rings is 1. The Labute approximate surface area is 205 Å². The molecule has 2 aromatic heterocycles. The Kier molecular flexibility index (Phi) is 6.00. The van der Waals surface area contributed by atoms with E-state index in [9.17, 15) is 9.59 Å². The number of amides is 2. The fraction of sp³-hybridized carbons (Fsp3) is 0.423. The average Bonchev–Trinajstić information content (AvgIpc) is 3.19. The van der Waals surface area contributed by atoms with E-state index in [0.29, 0.717) is 56.7 Å². The molecule has 1 aromatic carbocycles. The van der Waals surface area contributed by atoms with E-state index in [1.807, 2.05) is 48.8 Å². The molecule has 2 aliphatic rings. The highest BCUT2D eigenvalue weighted by atomic mass is 16.2. The lowest BCUT2D eigenvalue weighted by molar-refractivity contribution is -0.129. The number of carbonyl (C=O) groups is 2. The first-order valence-corrected chi connectivity index (χ1v) is 12.1. The molecule has 0 radical (unpaired) electrons. The smallest absolute Gasteiger partial charge is 0.273 e. The summed E-state index contributed by atoms with van der Waals surface area (Å²) in [5.74, 6) is 1.22. The molecule has 3 aromatic rings. The number of rotatable bonds is 5. The van der Waals surface area contributed by atoms with Gasteiger partial charge in [-0.1, -0.05) is 18.2 Å². The first kappa shape index (κ1) is 23.0. The van der Waals surface area contributed by atoms with Gasteiger partial charge in [-0.3, -0.25) is 14.6 Å². The van der Waals surface area contributed by atoms with Crippen LogP contribution in [0.2, 0.25) is 0 Å². The minimum absolute atomic E-state index is 0.0624. The summed E-state index contributed by atoms with van der Waals surface area (Å²) >= 11 is 0. The summed E-state index contributed by atoms with van der Waals surface area (Å²) in [4.78, 5) is 44.9. The van der Waals surface area contributed by atoms with Gasteiger partial charge < -0.3 is 20.0 Å². The minimum Gasteiger partial charge on any atom is -0.365 e. The number of hydrogen-bond donors (Lipinski definition) is 1. The van der Waals surface area contributed by atoms with E-state index < -0.39 is 0 Å². The Morgan fingerprint density at radius 2 is 1.83 bits per heavy atom. The SMILES string of the molecule is CC(=O)N1CCN(c2nc(NCc3cc4ccccc4nc3C)c3c(n2)C(=O)N(C(C)C)C3)CC1. The maximum atomic E-state index is 13.2. The molecule has 9 heteroatoms. The van der Waals surface area contributed by atoms with Crippen molar-refractivity contribution in [1.82, 2.24) is 24.8 Å². The Morgan fingerprint density at radius 1 is 1.09 bits per heavy atom. The molecule has 182 valence electrons. The number of aromatic nitrogens is 3. The van der Waals surface area contributed by atoms with Crippen LogP contribution in [0.15, 0.2) is 30.3 Å². The van der Waals surface area contributed by atoms with E-state index in [2.05, 4.69) is 22.3 Å². The predicted molar refractivity (Wildman–Crippen MR) is 135 cm³/mol. The Balaban J connectivity index is 1.46. The van der Waals surface area contributed by atoms with E-state index >= 15 is 0 Å². The number of para-hydroxylation sites is 1. The van der Waals surface area contributed by atoms with Gasteiger partial charge in [0, 0.05) is 62.3 Å². The number of anilines is 2. The van der Waals surface area contributed by atoms with Crippen LogP contribution < -0.4 is 10.2 Å². The largest absolute Gasteiger partial charge is 0.365 e. The van der Waals surface area contributed by atoms with Gasteiger partial charge in [0.05, 0.1) is 12.1 Å². The predicted octanol–water partition coefficient (Wildman–Crippen LogP) is 2.98. The number of nitrogens with zero attached hydrogens (tertiary/aromatic N) is 6. The zero-order valence-corrected chi connectivity index (χ0v) is 20.7. The number of fused-ring (bicyclic) bond motifs is 2. The van der Waals surface area contributed by atoms with Crippen molar-refractivity contribution in [2.24, 2.45) is 0 Å². The summed E-state index contributed by atoms with van der Waals surface area (Å²) < 4.78 is 0. The van der Waals surface area contributed by atoms with Gasteiger partial charge in [-0.25, -0.2) is 4.98 Å². The topological polar surface area (TPSA) is 94.6 Å². The lowest BCUT2D eigenvalue weighted by atomic mass is 10.1. The van der Waals surface area contributed by atoms with Crippen molar-refractivity contribution in [1.29, 1.82) is 0 Å². The fourth-order valence-electron chi connectivity index (χ4n) is 4.72. The van der Waals surface area contributed by atoms with Crippen molar-refractivity contribution in [2.45, 2.75) is 46.8 Å². The number of aryl methyl sites for hydroxylation is 1. The highest BCUT2D eigenvalue weighted by Gasteiger charge is 2.35. The average molecular weight is 474 g/mol. The standard InChI is InChI=1S/C26H31N7O2/c1-16(2)33-15-21-23(25(33)35)29-26(32-11-9-31(10-12-32)18(4)34)30-24(21)27-14-20-13-19-7-5-6-8-22(19)28-17(20)3/h5-8,13,16H,9-12,14-15H2,1-4H3,(H,27,29,30). The third kappa shape index (κ3) is 4.38. The number of hydrogen-bond acceptors (Lipinski definition) is 7. The maximum Gasteiger partial charge on any atom is 0.273 e. The Bertz CT molecular complexity index is 1300. The third-order valence-electron chi connectivity index (χ3n) is 6.88. The number of benzene rings is 1. The zero-order valence-electron chi connectivity index (χ0n) is 20.7. The van der Waals surface area contributed by atoms with Crippen LogP contribution in [0.3, 0.4) is 0 Å². The summed E-state index contributed by atoms with van der Waals surface area (Å²) in [5, 5.41) is 4.58. The first-order chi connectivity index (χ1) is 16.8. The van der Waals surface area contributed by atoms with Gasteiger partial charge in [-0.2, -0.15) is 4.98 Å². The molecule has 1 saturated heterocycles. The van der Waals surface area contributed by atoms with Crippen LogP contribution in [0, 0.1) is 6.92 Å². The Hall–Kier alpha value is -3.75. The summed E-state index contributed by atoms with van der Waals surface area (Å²) in [6.45, 7) is 11.2. The third-order valence-corrected chi connectivity index (χ3v) is 6.88. The molecule has 0 saturated carbocycles. The van der Waals surface area contributed by atoms with Gasteiger partial charge in [-0.05, 0) is 38.5 Å². The van der Waals surface area contributed by atoms with Gasteiger partial charge >= 0.3 is 0 Å². The fourth-order valence-corrected chi connectivity index (χ4v) is 4.72. The number of nitrogens with one attached hydrogen (secondary N) is 1. The molecule has 1 N–H and O–H groups in total. The molecule has 0 aliphatic carbocycles. The molecule has 2 amide bonds. The van der Waals surface area contributed by atoms with Crippen LogP contribution in [0.4, 0.5) is 11.8 Å². The summed E-state index contributed by atoms with van der Waals surface area (Å²) in [7, 11) is 0. The van der Waals surface area contributed by atoms with Gasteiger partial charge in [0.1, 0.15) is 11.5 Å². The van der Waals surface area contributed by atoms with Crippen molar-refractivity contribution < 1.29 is 9.59 Å². The highest BCUT2D eigenvalue weighted by molar-refractivity contribution is 5.98. The van der Waals surface area contributed by atoms with Crippen molar-refractivity contribution in [3.05, 3.63) is 52.8 Å². The van der Waals surface area contributed by atoms with Gasteiger partial charge in [0.2, 0.25) is 11.9 Å². The van der Waals surface area contributed by atoms with Crippen LogP contribution in [-0.4, -0.2) is 68.8 Å². The first-order valence-electron chi connectivity index (χ1n) is 12.1. The maximum absolute atomic E-state index is 13.2. The van der Waals surface area contributed by atoms with Crippen LogP contribution in [-0.2, 0) is 17.9 Å². The Morgan fingerprint density at radius 3 is 2.54 bits per heavy atom. The molecule has 35 heavy (non-hydrogen) atoms. The van der Waals surface area contributed by atoms with E-state index in [4.69, 9.17) is 15.0 Å². The number of carbonyl (C=O) groups excluding carboxylic acids is 2. The molecule has 9 nitrogen and oxygen atoms in total. The van der Waals surface area contributed by atoms with Gasteiger partial charge in [0.15, 0.2) is 0 Å². The van der Waals surface area contributed by atoms with E-state index in [0.717, 1.165) is 27.7 Å². The van der Waals surface area contributed by atoms with Crippen LogP contribution >= 0.6 is 0 Å². The van der Waals surface area contributed by atoms with Gasteiger partial charge in [-0.15, -0.1) is 0 Å². The second kappa shape index (κ2) is 9.13. The quantitative estimate of drug-likeness (QED) is 0.609.